The number of aryl methyl sites for hydroxylation is 1. The van der Waals surface area contributed by atoms with Crippen LogP contribution in [0.5, 0.6) is 0 Å². The Hall–Kier alpha value is -0.650. The summed E-state index contributed by atoms with van der Waals surface area (Å²) in [6, 6.07) is 1.73. The quantitative estimate of drug-likeness (QED) is 0.770. The van der Waals surface area contributed by atoms with Crippen molar-refractivity contribution in [1.29, 1.82) is 0 Å². The molecule has 1 rings (SSSR count). The molecule has 1 amide bonds. The van der Waals surface area contributed by atoms with Gasteiger partial charge in [0.2, 0.25) is 0 Å². The molecule has 3 nitrogen and oxygen atoms in total. The van der Waals surface area contributed by atoms with Gasteiger partial charge in [0.1, 0.15) is 0 Å². The second kappa shape index (κ2) is 3.17. The monoisotopic (exact) mass is 262 g/mol. The third-order valence-corrected chi connectivity index (χ3v) is 1.91. The van der Waals surface area contributed by atoms with Gasteiger partial charge in [0.25, 0.3) is 5.91 Å². The first-order valence-electron chi connectivity index (χ1n) is 3.03. The van der Waals surface area contributed by atoms with Crippen LogP contribution in [0.4, 0.5) is 0 Å². The highest BCUT2D eigenvalue weighted by Crippen LogP contribution is 2.08. The maximum absolute atomic E-state index is 10.8. The largest absolute Gasteiger partial charge is 0.366 e. The number of halogens is 1. The molecule has 4 heteroatoms. The lowest BCUT2D eigenvalue weighted by Gasteiger charge is -1.99. The third kappa shape index (κ3) is 1.89. The molecule has 0 saturated carbocycles. The van der Waals surface area contributed by atoms with E-state index in [1.165, 1.54) is 0 Å². The second-order valence-corrected chi connectivity index (χ2v) is 3.40. The highest BCUT2D eigenvalue weighted by Gasteiger charge is 2.05. The van der Waals surface area contributed by atoms with Crippen LogP contribution in [-0.4, -0.2) is 10.9 Å². The molecular formula is C7H7IN2O. The van der Waals surface area contributed by atoms with E-state index in [1.54, 1.807) is 19.2 Å². The van der Waals surface area contributed by atoms with Crippen molar-refractivity contribution in [1.82, 2.24) is 4.98 Å². The predicted octanol–water partition coefficient (Wildman–Crippen LogP) is 1.09. The summed E-state index contributed by atoms with van der Waals surface area (Å²) in [5, 5.41) is 0. The minimum atomic E-state index is -0.423. The number of primary amides is 1. The lowest BCUT2D eigenvalue weighted by molar-refractivity contribution is 0.0999. The van der Waals surface area contributed by atoms with Crippen molar-refractivity contribution in [3.8, 4) is 0 Å². The molecule has 58 valence electrons. The number of carbonyl (C=O) groups excluding carboxylic acids is 1. The van der Waals surface area contributed by atoms with Gasteiger partial charge in [-0.25, -0.2) is 0 Å². The van der Waals surface area contributed by atoms with E-state index in [0.717, 1.165) is 3.57 Å². The van der Waals surface area contributed by atoms with Crippen LogP contribution < -0.4 is 5.73 Å². The molecule has 0 unspecified atom stereocenters. The SMILES string of the molecule is Cc1ncc(I)cc1C(N)=O. The number of hydrogen-bond acceptors (Lipinski definition) is 2. The zero-order valence-electron chi connectivity index (χ0n) is 5.97. The van der Waals surface area contributed by atoms with E-state index in [0.29, 0.717) is 11.3 Å². The second-order valence-electron chi connectivity index (χ2n) is 2.15. The van der Waals surface area contributed by atoms with Gasteiger partial charge < -0.3 is 5.73 Å². The van der Waals surface area contributed by atoms with Crippen molar-refractivity contribution < 1.29 is 4.79 Å². The zero-order valence-corrected chi connectivity index (χ0v) is 8.12. The van der Waals surface area contributed by atoms with Crippen molar-refractivity contribution in [3.63, 3.8) is 0 Å². The number of amides is 1. The summed E-state index contributed by atoms with van der Waals surface area (Å²) in [5.74, 6) is -0.423. The topological polar surface area (TPSA) is 56.0 Å². The van der Waals surface area contributed by atoms with Gasteiger partial charge in [-0.2, -0.15) is 0 Å². The van der Waals surface area contributed by atoms with Crippen molar-refractivity contribution in [2.24, 2.45) is 5.73 Å². The first kappa shape index (κ1) is 8.45. The highest BCUT2D eigenvalue weighted by molar-refractivity contribution is 14.1. The van der Waals surface area contributed by atoms with Gasteiger partial charge in [-0.15, -0.1) is 0 Å². The van der Waals surface area contributed by atoms with Gasteiger partial charge in [0, 0.05) is 9.77 Å². The number of rotatable bonds is 1. The summed E-state index contributed by atoms with van der Waals surface area (Å²) in [7, 11) is 0. The Balaban J connectivity index is 3.23. The fourth-order valence-electron chi connectivity index (χ4n) is 0.757. The molecule has 2 N–H and O–H groups in total. The minimum absolute atomic E-state index is 0.423. The van der Waals surface area contributed by atoms with Crippen LogP contribution in [-0.2, 0) is 0 Å². The van der Waals surface area contributed by atoms with E-state index < -0.39 is 5.91 Å². The molecule has 0 aliphatic carbocycles. The summed E-state index contributed by atoms with van der Waals surface area (Å²) in [4.78, 5) is 14.7. The predicted molar refractivity (Wildman–Crippen MR) is 50.2 cm³/mol. The van der Waals surface area contributed by atoms with Gasteiger partial charge >= 0.3 is 0 Å². The molecule has 1 aromatic heterocycles. The average Bonchev–Trinajstić information content (AvgIpc) is 1.94. The van der Waals surface area contributed by atoms with E-state index in [-0.39, 0.29) is 0 Å². The molecule has 0 fully saturated rings. The number of nitrogens with two attached hydrogens (primary N) is 1. The van der Waals surface area contributed by atoms with Gasteiger partial charge in [-0.05, 0) is 35.6 Å². The first-order valence-corrected chi connectivity index (χ1v) is 4.11. The summed E-state index contributed by atoms with van der Waals surface area (Å²) in [5.41, 5.74) is 6.28. The zero-order chi connectivity index (χ0) is 8.43. The lowest BCUT2D eigenvalue weighted by Crippen LogP contribution is -2.13. The molecule has 0 bridgehead atoms. The van der Waals surface area contributed by atoms with E-state index in [9.17, 15) is 4.79 Å². The fraction of sp³-hybridized carbons (Fsp3) is 0.143. The van der Waals surface area contributed by atoms with Gasteiger partial charge in [0.15, 0.2) is 0 Å². The van der Waals surface area contributed by atoms with Crippen molar-refractivity contribution in [3.05, 3.63) is 27.1 Å². The Morgan fingerprint density at radius 3 is 2.82 bits per heavy atom. The Morgan fingerprint density at radius 2 is 2.36 bits per heavy atom. The van der Waals surface area contributed by atoms with Crippen LogP contribution in [0.2, 0.25) is 0 Å². The summed E-state index contributed by atoms with van der Waals surface area (Å²) in [6.45, 7) is 1.76. The highest BCUT2D eigenvalue weighted by atomic mass is 127. The van der Waals surface area contributed by atoms with Gasteiger partial charge in [-0.3, -0.25) is 9.78 Å². The van der Waals surface area contributed by atoms with Gasteiger partial charge in [-0.1, -0.05) is 0 Å². The fourth-order valence-corrected chi connectivity index (χ4v) is 1.21. The molecule has 0 radical (unpaired) electrons. The maximum atomic E-state index is 10.8. The van der Waals surface area contributed by atoms with E-state index >= 15 is 0 Å². The molecule has 0 saturated heterocycles. The van der Waals surface area contributed by atoms with Crippen LogP contribution in [0.1, 0.15) is 16.1 Å². The Labute approximate surface area is 78.1 Å². The Bertz CT molecular complexity index is 298. The Morgan fingerprint density at radius 1 is 1.73 bits per heavy atom. The van der Waals surface area contributed by atoms with Crippen molar-refractivity contribution >= 4 is 28.5 Å². The molecule has 0 aliphatic rings. The van der Waals surface area contributed by atoms with Gasteiger partial charge in [0.05, 0.1) is 11.3 Å². The lowest BCUT2D eigenvalue weighted by atomic mass is 10.2. The molecule has 11 heavy (non-hydrogen) atoms. The minimum Gasteiger partial charge on any atom is -0.366 e. The average molecular weight is 262 g/mol. The molecular weight excluding hydrogens is 255 g/mol. The van der Waals surface area contributed by atoms with Crippen molar-refractivity contribution in [2.45, 2.75) is 6.92 Å². The number of hydrogen-bond donors (Lipinski definition) is 1. The van der Waals surface area contributed by atoms with E-state index in [1.807, 2.05) is 0 Å². The van der Waals surface area contributed by atoms with Crippen LogP contribution in [0.25, 0.3) is 0 Å². The number of nitrogens with zero attached hydrogens (tertiary/aromatic N) is 1. The number of aromatic nitrogens is 1. The standard InChI is InChI=1S/C7H7IN2O/c1-4-6(7(9)11)2-5(8)3-10-4/h2-3H,1H3,(H2,9,11). The van der Waals surface area contributed by atoms with Crippen LogP contribution >= 0.6 is 22.6 Å². The molecule has 1 aromatic rings. The van der Waals surface area contributed by atoms with Crippen LogP contribution in [0.15, 0.2) is 12.3 Å². The summed E-state index contributed by atoms with van der Waals surface area (Å²) in [6.07, 6.45) is 1.70. The summed E-state index contributed by atoms with van der Waals surface area (Å²) < 4.78 is 0.919. The molecule has 0 atom stereocenters. The smallest absolute Gasteiger partial charge is 0.250 e. The number of carbonyl (C=O) groups is 1. The summed E-state index contributed by atoms with van der Waals surface area (Å²) >= 11 is 2.09. The van der Waals surface area contributed by atoms with Crippen LogP contribution in [0, 0.1) is 10.5 Å². The van der Waals surface area contributed by atoms with Crippen molar-refractivity contribution in [2.75, 3.05) is 0 Å². The molecule has 0 spiro atoms. The third-order valence-electron chi connectivity index (χ3n) is 1.32. The number of pyridine rings is 1. The van der Waals surface area contributed by atoms with E-state index in [2.05, 4.69) is 27.6 Å². The Kier molecular flexibility index (Phi) is 2.43. The first-order chi connectivity index (χ1) is 5.11. The maximum Gasteiger partial charge on any atom is 0.250 e. The normalized spacial score (nSPS) is 9.64. The molecule has 0 aliphatic heterocycles. The van der Waals surface area contributed by atoms with E-state index in [4.69, 9.17) is 5.73 Å². The molecule has 0 aromatic carbocycles. The van der Waals surface area contributed by atoms with Crippen LogP contribution in [0.3, 0.4) is 0 Å². The molecule has 1 heterocycles.